The van der Waals surface area contributed by atoms with Crippen LogP contribution in [-0.4, -0.2) is 21.1 Å². The van der Waals surface area contributed by atoms with Gasteiger partial charge in [0.15, 0.2) is 5.69 Å². The number of fused-ring (bicyclic) bond motifs is 1. The lowest BCUT2D eigenvalue weighted by Gasteiger charge is -2.23. The minimum atomic E-state index is -4.41. The maximum atomic E-state index is 12.7. The van der Waals surface area contributed by atoms with Gasteiger partial charge in [-0.2, -0.15) is 18.4 Å². The van der Waals surface area contributed by atoms with Crippen LogP contribution >= 0.6 is 0 Å². The Hall–Kier alpha value is -2.56. The molecule has 1 aliphatic heterocycles. The van der Waals surface area contributed by atoms with E-state index in [0.29, 0.717) is 36.8 Å². The Labute approximate surface area is 130 Å². The maximum absolute atomic E-state index is 12.7. The van der Waals surface area contributed by atoms with Crippen molar-refractivity contribution in [1.29, 1.82) is 5.26 Å². The van der Waals surface area contributed by atoms with Crippen LogP contribution in [0.15, 0.2) is 24.5 Å². The highest BCUT2D eigenvalue weighted by Gasteiger charge is 2.35. The van der Waals surface area contributed by atoms with Crippen LogP contribution < -0.4 is 4.74 Å². The number of halogens is 3. The molecule has 0 fully saturated rings. The van der Waals surface area contributed by atoms with E-state index >= 15 is 0 Å². The Balaban J connectivity index is 1.61. The Morgan fingerprint density at radius 1 is 1.39 bits per heavy atom. The molecule has 0 bridgehead atoms. The molecule has 0 amide bonds. The number of alkyl halides is 3. The molecule has 120 valence electrons. The molecule has 0 N–H and O–H groups in total. The van der Waals surface area contributed by atoms with Gasteiger partial charge in [0.25, 0.3) is 0 Å². The van der Waals surface area contributed by atoms with Crippen molar-refractivity contribution in [3.63, 3.8) is 0 Å². The highest BCUT2D eigenvalue weighted by atomic mass is 19.4. The second-order valence-electron chi connectivity index (χ2n) is 5.40. The maximum Gasteiger partial charge on any atom is 0.434 e. The van der Waals surface area contributed by atoms with Gasteiger partial charge < -0.3 is 9.30 Å². The summed E-state index contributed by atoms with van der Waals surface area (Å²) in [4.78, 5) is 7.68. The predicted molar refractivity (Wildman–Crippen MR) is 73.5 cm³/mol. The predicted octanol–water partition coefficient (Wildman–Crippen LogP) is 2.81. The number of hydrogen-bond acceptors (Lipinski definition) is 4. The molecule has 0 saturated carbocycles. The number of ether oxygens (including phenoxy) is 1. The molecule has 1 aliphatic rings. The van der Waals surface area contributed by atoms with Gasteiger partial charge in [-0.25, -0.2) is 9.97 Å². The summed E-state index contributed by atoms with van der Waals surface area (Å²) in [5, 5.41) is 8.69. The zero-order chi connectivity index (χ0) is 16.4. The van der Waals surface area contributed by atoms with Gasteiger partial charge in [0, 0.05) is 37.3 Å². The van der Waals surface area contributed by atoms with Crippen molar-refractivity contribution in [2.24, 2.45) is 5.92 Å². The number of nitriles is 1. The molecule has 23 heavy (non-hydrogen) atoms. The standard InChI is InChI=1S/C15H13F3N4O/c16-15(17,18)12-8-22-4-3-10(5-13(22)21-12)9-23-14-2-1-11(6-19)7-20-14/h1-2,7-8,10H,3-5,9H2. The molecule has 0 spiro atoms. The number of aromatic nitrogens is 3. The summed E-state index contributed by atoms with van der Waals surface area (Å²) in [6, 6.07) is 5.17. The lowest BCUT2D eigenvalue weighted by Crippen LogP contribution is -2.24. The summed E-state index contributed by atoms with van der Waals surface area (Å²) in [6.07, 6.45) is -0.779. The van der Waals surface area contributed by atoms with Crippen molar-refractivity contribution >= 4 is 0 Å². The molecule has 2 aromatic heterocycles. The van der Waals surface area contributed by atoms with E-state index in [9.17, 15) is 13.2 Å². The van der Waals surface area contributed by atoms with Gasteiger partial charge in [0.1, 0.15) is 11.9 Å². The van der Waals surface area contributed by atoms with E-state index in [-0.39, 0.29) is 5.92 Å². The minimum absolute atomic E-state index is 0.0865. The van der Waals surface area contributed by atoms with E-state index in [2.05, 4.69) is 9.97 Å². The Morgan fingerprint density at radius 3 is 2.87 bits per heavy atom. The normalized spacial score (nSPS) is 17.4. The fraction of sp³-hybridized carbons (Fsp3) is 0.400. The number of imidazole rings is 1. The summed E-state index contributed by atoms with van der Waals surface area (Å²) in [5.74, 6) is 0.919. The molecule has 8 heteroatoms. The van der Waals surface area contributed by atoms with Gasteiger partial charge in [-0.15, -0.1) is 0 Å². The van der Waals surface area contributed by atoms with E-state index in [1.165, 1.54) is 6.20 Å². The second-order valence-corrected chi connectivity index (χ2v) is 5.40. The van der Waals surface area contributed by atoms with Crippen LogP contribution in [0.5, 0.6) is 5.88 Å². The van der Waals surface area contributed by atoms with Gasteiger partial charge >= 0.3 is 6.18 Å². The van der Waals surface area contributed by atoms with Gasteiger partial charge in [-0.05, 0) is 12.5 Å². The first kappa shape index (κ1) is 15.3. The van der Waals surface area contributed by atoms with Crippen LogP contribution in [0.2, 0.25) is 0 Å². The van der Waals surface area contributed by atoms with E-state index in [1.807, 2.05) is 6.07 Å². The highest BCUT2D eigenvalue weighted by molar-refractivity contribution is 5.28. The molecule has 0 radical (unpaired) electrons. The number of aryl methyl sites for hydroxylation is 1. The zero-order valence-electron chi connectivity index (χ0n) is 12.0. The molecule has 5 nitrogen and oxygen atoms in total. The first-order valence-electron chi connectivity index (χ1n) is 7.08. The van der Waals surface area contributed by atoms with Crippen molar-refractivity contribution < 1.29 is 17.9 Å². The SMILES string of the molecule is N#Cc1ccc(OCC2CCn3cc(C(F)(F)F)nc3C2)nc1. The van der Waals surface area contributed by atoms with Crippen molar-refractivity contribution in [2.75, 3.05) is 6.61 Å². The summed E-state index contributed by atoms with van der Waals surface area (Å²) in [6.45, 7) is 0.848. The van der Waals surface area contributed by atoms with E-state index in [1.54, 1.807) is 16.7 Å². The fourth-order valence-electron chi connectivity index (χ4n) is 2.51. The molecule has 1 atom stereocenters. The molecule has 3 rings (SSSR count). The monoisotopic (exact) mass is 322 g/mol. The quantitative estimate of drug-likeness (QED) is 0.872. The summed E-state index contributed by atoms with van der Waals surface area (Å²) in [7, 11) is 0. The highest BCUT2D eigenvalue weighted by Crippen LogP contribution is 2.30. The van der Waals surface area contributed by atoms with Crippen molar-refractivity contribution in [3.8, 4) is 11.9 Å². The van der Waals surface area contributed by atoms with E-state index in [0.717, 1.165) is 12.6 Å². The lowest BCUT2D eigenvalue weighted by molar-refractivity contribution is -0.141. The first-order valence-corrected chi connectivity index (χ1v) is 7.08. The largest absolute Gasteiger partial charge is 0.477 e. The molecule has 0 aromatic carbocycles. The molecule has 3 heterocycles. The molecule has 0 saturated heterocycles. The fourth-order valence-corrected chi connectivity index (χ4v) is 2.51. The van der Waals surface area contributed by atoms with Crippen LogP contribution in [0, 0.1) is 17.2 Å². The number of pyridine rings is 1. The lowest BCUT2D eigenvalue weighted by atomic mass is 9.99. The third kappa shape index (κ3) is 3.44. The molecule has 0 aliphatic carbocycles. The van der Waals surface area contributed by atoms with Crippen LogP contribution in [0.25, 0.3) is 0 Å². The molecular formula is C15H13F3N4O. The van der Waals surface area contributed by atoms with Gasteiger partial charge in [-0.1, -0.05) is 0 Å². The average Bonchev–Trinajstić information content (AvgIpc) is 2.97. The Bertz CT molecular complexity index is 731. The summed E-state index contributed by atoms with van der Waals surface area (Å²) >= 11 is 0. The average molecular weight is 322 g/mol. The number of hydrogen-bond donors (Lipinski definition) is 0. The minimum Gasteiger partial charge on any atom is -0.477 e. The van der Waals surface area contributed by atoms with Crippen LogP contribution in [0.3, 0.4) is 0 Å². The zero-order valence-corrected chi connectivity index (χ0v) is 12.0. The second kappa shape index (κ2) is 5.91. The molecule has 2 aromatic rings. The summed E-state index contributed by atoms with van der Waals surface area (Å²) < 4.78 is 45.1. The third-order valence-corrected chi connectivity index (χ3v) is 3.73. The Kier molecular flexibility index (Phi) is 3.94. The van der Waals surface area contributed by atoms with Gasteiger partial charge in [-0.3, -0.25) is 0 Å². The first-order chi connectivity index (χ1) is 11.0. The van der Waals surface area contributed by atoms with Gasteiger partial charge in [0.2, 0.25) is 5.88 Å². The topological polar surface area (TPSA) is 63.7 Å². The van der Waals surface area contributed by atoms with Crippen molar-refractivity contribution in [1.82, 2.24) is 14.5 Å². The molecule has 1 unspecified atom stereocenters. The Morgan fingerprint density at radius 2 is 2.22 bits per heavy atom. The number of nitrogens with zero attached hydrogens (tertiary/aromatic N) is 4. The van der Waals surface area contributed by atoms with Gasteiger partial charge in [0.05, 0.1) is 12.2 Å². The van der Waals surface area contributed by atoms with Crippen LogP contribution in [-0.2, 0) is 19.1 Å². The molecular weight excluding hydrogens is 309 g/mol. The van der Waals surface area contributed by atoms with Crippen LogP contribution in [0.1, 0.15) is 23.5 Å². The smallest absolute Gasteiger partial charge is 0.434 e. The summed E-state index contributed by atoms with van der Waals surface area (Å²) in [5.41, 5.74) is -0.403. The van der Waals surface area contributed by atoms with Crippen LogP contribution in [0.4, 0.5) is 13.2 Å². The van der Waals surface area contributed by atoms with E-state index < -0.39 is 11.9 Å². The number of rotatable bonds is 3. The van der Waals surface area contributed by atoms with Crippen molar-refractivity contribution in [2.45, 2.75) is 25.6 Å². The third-order valence-electron chi connectivity index (χ3n) is 3.73. The van der Waals surface area contributed by atoms with Crippen molar-refractivity contribution in [3.05, 3.63) is 41.6 Å². The van der Waals surface area contributed by atoms with E-state index in [4.69, 9.17) is 10.00 Å².